The molecule has 0 bridgehead atoms. The number of rotatable bonds is 8. The molecular formula is C17H24N4O2S. The Morgan fingerprint density at radius 3 is 2.67 bits per heavy atom. The highest BCUT2D eigenvalue weighted by Gasteiger charge is 2.17. The zero-order chi connectivity index (χ0) is 17.5. The molecule has 0 saturated carbocycles. The van der Waals surface area contributed by atoms with Gasteiger partial charge >= 0.3 is 0 Å². The second kappa shape index (κ2) is 8.84. The zero-order valence-electron chi connectivity index (χ0n) is 14.5. The Bertz CT molecular complexity index is 657. The number of amides is 1. The Hall–Kier alpha value is -1.86. The van der Waals surface area contributed by atoms with Crippen LogP contribution >= 0.6 is 11.8 Å². The van der Waals surface area contributed by atoms with E-state index in [9.17, 15) is 4.79 Å². The molecule has 2 N–H and O–H groups in total. The van der Waals surface area contributed by atoms with E-state index in [1.165, 1.54) is 11.8 Å². The summed E-state index contributed by atoms with van der Waals surface area (Å²) in [5.74, 6) is 1.53. The van der Waals surface area contributed by atoms with Crippen molar-refractivity contribution in [3.05, 3.63) is 41.5 Å². The number of nitrogens with zero attached hydrogens (tertiary/aromatic N) is 2. The number of aryl methyl sites for hydroxylation is 1. The summed E-state index contributed by atoms with van der Waals surface area (Å²) in [4.78, 5) is 16.4. The number of carbonyl (C=O) groups is 1. The third kappa shape index (κ3) is 5.65. The van der Waals surface area contributed by atoms with E-state index in [2.05, 4.69) is 27.7 Å². The zero-order valence-corrected chi connectivity index (χ0v) is 15.3. The lowest BCUT2D eigenvalue weighted by Crippen LogP contribution is -2.24. The topological polar surface area (TPSA) is 80.0 Å². The van der Waals surface area contributed by atoms with E-state index >= 15 is 0 Å². The molecule has 0 spiro atoms. The Labute approximate surface area is 146 Å². The average Bonchev–Trinajstić information content (AvgIpc) is 3.03. The number of nitrogens with one attached hydrogen (secondary N) is 2. The van der Waals surface area contributed by atoms with Gasteiger partial charge in [0.2, 0.25) is 11.8 Å². The molecule has 0 aliphatic rings. The van der Waals surface area contributed by atoms with Gasteiger partial charge in [0.1, 0.15) is 0 Å². The smallest absolute Gasteiger partial charge is 0.239 e. The van der Waals surface area contributed by atoms with Crippen LogP contribution < -0.4 is 10.6 Å². The van der Waals surface area contributed by atoms with Crippen LogP contribution in [0.25, 0.3) is 0 Å². The van der Waals surface area contributed by atoms with Gasteiger partial charge in [-0.1, -0.05) is 22.9 Å². The second-order valence-corrected chi connectivity index (χ2v) is 7.14. The third-order valence-corrected chi connectivity index (χ3v) is 4.74. The summed E-state index contributed by atoms with van der Waals surface area (Å²) in [6.45, 7) is 6.03. The maximum atomic E-state index is 12.0. The number of carbonyl (C=O) groups excluding carboxylic acids is 1. The van der Waals surface area contributed by atoms with Crippen LogP contribution in [0.5, 0.6) is 0 Å². The number of thioether (sulfide) groups is 1. The molecule has 24 heavy (non-hydrogen) atoms. The molecule has 6 nitrogen and oxygen atoms in total. The van der Waals surface area contributed by atoms with E-state index in [4.69, 9.17) is 4.52 Å². The largest absolute Gasteiger partial charge is 0.338 e. The molecule has 2 aromatic rings. The van der Waals surface area contributed by atoms with Gasteiger partial charge < -0.3 is 15.2 Å². The monoisotopic (exact) mass is 348 g/mol. The maximum absolute atomic E-state index is 12.0. The van der Waals surface area contributed by atoms with Gasteiger partial charge in [-0.2, -0.15) is 4.98 Å². The molecule has 1 heterocycles. The molecule has 2 rings (SSSR count). The highest BCUT2D eigenvalue weighted by molar-refractivity contribution is 8.00. The van der Waals surface area contributed by atoms with E-state index in [0.717, 1.165) is 11.3 Å². The van der Waals surface area contributed by atoms with E-state index in [0.29, 0.717) is 29.9 Å². The lowest BCUT2D eigenvalue weighted by molar-refractivity contribution is -0.113. The van der Waals surface area contributed by atoms with Crippen molar-refractivity contribution in [2.45, 2.75) is 38.5 Å². The average molecular weight is 348 g/mol. The fraction of sp³-hybridized carbons (Fsp3) is 0.471. The van der Waals surface area contributed by atoms with Crippen molar-refractivity contribution < 1.29 is 9.32 Å². The van der Waals surface area contributed by atoms with Gasteiger partial charge in [-0.25, -0.2) is 0 Å². The van der Waals surface area contributed by atoms with E-state index in [-0.39, 0.29) is 11.2 Å². The molecule has 0 fully saturated rings. The highest BCUT2D eigenvalue weighted by Crippen LogP contribution is 2.27. The highest BCUT2D eigenvalue weighted by atomic mass is 32.2. The molecule has 0 aliphatic heterocycles. The molecule has 2 atom stereocenters. The van der Waals surface area contributed by atoms with Crippen LogP contribution in [0.15, 0.2) is 28.8 Å². The first-order valence-corrected chi connectivity index (χ1v) is 9.00. The molecule has 1 aromatic carbocycles. The molecule has 0 aliphatic carbocycles. The van der Waals surface area contributed by atoms with Gasteiger partial charge in [-0.05, 0) is 40.0 Å². The van der Waals surface area contributed by atoms with E-state index < -0.39 is 0 Å². The number of likely N-dealkylation sites (N-methyl/N-ethyl adjacent to an activating group) is 1. The summed E-state index contributed by atoms with van der Waals surface area (Å²) < 4.78 is 5.29. The van der Waals surface area contributed by atoms with Crippen LogP contribution in [0.4, 0.5) is 5.69 Å². The van der Waals surface area contributed by atoms with Gasteiger partial charge in [0.25, 0.3) is 0 Å². The SMILES string of the molecule is CNC(C)Cc1noc(C(C)SCC(=O)Nc2ccc(C)cc2)n1. The third-order valence-electron chi connectivity index (χ3n) is 3.61. The summed E-state index contributed by atoms with van der Waals surface area (Å²) >= 11 is 1.47. The van der Waals surface area contributed by atoms with Gasteiger partial charge in [-0.15, -0.1) is 11.8 Å². The summed E-state index contributed by atoms with van der Waals surface area (Å²) in [7, 11) is 1.90. The first-order valence-electron chi connectivity index (χ1n) is 7.95. The Kier molecular flexibility index (Phi) is 6.81. The van der Waals surface area contributed by atoms with Crippen molar-refractivity contribution in [2.75, 3.05) is 18.1 Å². The fourth-order valence-corrected chi connectivity index (χ4v) is 2.71. The molecule has 1 amide bonds. The first kappa shape index (κ1) is 18.5. The molecule has 0 saturated heterocycles. The number of hydrogen-bond donors (Lipinski definition) is 2. The molecular weight excluding hydrogens is 324 g/mol. The van der Waals surface area contributed by atoms with Crippen LogP contribution in [0.3, 0.4) is 0 Å². The minimum absolute atomic E-state index is 0.0279. The summed E-state index contributed by atoms with van der Waals surface area (Å²) in [6, 6.07) is 8.02. The van der Waals surface area contributed by atoms with Crippen molar-refractivity contribution in [3.63, 3.8) is 0 Å². The Morgan fingerprint density at radius 2 is 2.00 bits per heavy atom. The predicted molar refractivity (Wildman–Crippen MR) is 97.2 cm³/mol. The number of aromatic nitrogens is 2. The number of anilines is 1. The number of benzene rings is 1. The van der Waals surface area contributed by atoms with Crippen molar-refractivity contribution in [3.8, 4) is 0 Å². The Balaban J connectivity index is 1.80. The molecule has 2 unspecified atom stereocenters. The molecule has 7 heteroatoms. The summed E-state index contributed by atoms with van der Waals surface area (Å²) in [5.41, 5.74) is 1.97. The summed E-state index contributed by atoms with van der Waals surface area (Å²) in [6.07, 6.45) is 0.714. The Morgan fingerprint density at radius 1 is 1.29 bits per heavy atom. The second-order valence-electron chi connectivity index (χ2n) is 5.81. The van der Waals surface area contributed by atoms with E-state index in [1.54, 1.807) is 0 Å². The van der Waals surface area contributed by atoms with Gasteiger partial charge in [-0.3, -0.25) is 4.79 Å². The molecule has 1 aromatic heterocycles. The molecule has 130 valence electrons. The van der Waals surface area contributed by atoms with Crippen LogP contribution in [0, 0.1) is 6.92 Å². The normalized spacial score (nSPS) is 13.5. The van der Waals surface area contributed by atoms with Crippen LogP contribution in [-0.2, 0) is 11.2 Å². The molecule has 0 radical (unpaired) electrons. The standard InChI is InChI=1S/C17H24N4O2S/c1-11-5-7-14(8-6-11)19-16(22)10-24-13(3)17-20-15(21-23-17)9-12(2)18-4/h5-8,12-13,18H,9-10H2,1-4H3,(H,19,22). The summed E-state index contributed by atoms with van der Waals surface area (Å²) in [5, 5.41) is 9.98. The minimum Gasteiger partial charge on any atom is -0.338 e. The quantitative estimate of drug-likeness (QED) is 0.763. The number of hydrogen-bond acceptors (Lipinski definition) is 6. The van der Waals surface area contributed by atoms with Crippen molar-refractivity contribution in [1.82, 2.24) is 15.5 Å². The minimum atomic E-state index is -0.0424. The van der Waals surface area contributed by atoms with Gasteiger partial charge in [0.15, 0.2) is 5.82 Å². The maximum Gasteiger partial charge on any atom is 0.239 e. The van der Waals surface area contributed by atoms with Crippen molar-refractivity contribution in [2.24, 2.45) is 0 Å². The fourth-order valence-electron chi connectivity index (χ4n) is 2.00. The van der Waals surface area contributed by atoms with Crippen LogP contribution in [0.1, 0.15) is 36.4 Å². The van der Waals surface area contributed by atoms with Crippen molar-refractivity contribution >= 4 is 23.4 Å². The van der Waals surface area contributed by atoms with Gasteiger partial charge in [0, 0.05) is 18.2 Å². The predicted octanol–water partition coefficient (Wildman–Crippen LogP) is 2.96. The van der Waals surface area contributed by atoms with Crippen molar-refractivity contribution in [1.29, 1.82) is 0 Å². The lowest BCUT2D eigenvalue weighted by Gasteiger charge is -2.08. The van der Waals surface area contributed by atoms with Crippen LogP contribution in [-0.4, -0.2) is 34.9 Å². The lowest BCUT2D eigenvalue weighted by atomic mass is 10.2. The van der Waals surface area contributed by atoms with E-state index in [1.807, 2.05) is 45.2 Å². The van der Waals surface area contributed by atoms with Gasteiger partial charge in [0.05, 0.1) is 11.0 Å². The van der Waals surface area contributed by atoms with Crippen LogP contribution in [0.2, 0.25) is 0 Å². The first-order chi connectivity index (χ1) is 11.5.